The summed E-state index contributed by atoms with van der Waals surface area (Å²) in [6, 6.07) is -1.71. The molecule has 2 aliphatic carbocycles. The first-order valence-corrected chi connectivity index (χ1v) is 11.7. The standard InChI is InChI=1S/C14H23F2NO4.C9H15F2NO2/c1-13(2,3)21-12(19)17-10(11(18)20-4)9-5-7-14(15,16)8-6-9;1-14-8(13)7(12)6-2-4-9(10,11)5-3-6/h9-10H,5-8H2,1-4H3,(H,17,19);6-7H,2-5,12H2,1H3/t10-;7-/m00/s1. The fourth-order valence-electron chi connectivity index (χ4n) is 4.08. The maximum atomic E-state index is 13.2. The van der Waals surface area contributed by atoms with E-state index in [2.05, 4.69) is 14.8 Å². The van der Waals surface area contributed by atoms with Crippen LogP contribution in [0.3, 0.4) is 0 Å². The highest BCUT2D eigenvalue weighted by Gasteiger charge is 2.41. The summed E-state index contributed by atoms with van der Waals surface area (Å²) in [7, 11) is 2.45. The predicted octanol–water partition coefficient (Wildman–Crippen LogP) is 4.19. The van der Waals surface area contributed by atoms with Crippen molar-refractivity contribution in [2.45, 2.75) is 102 Å². The van der Waals surface area contributed by atoms with Crippen molar-refractivity contribution in [3.05, 3.63) is 0 Å². The zero-order valence-electron chi connectivity index (χ0n) is 21.0. The van der Waals surface area contributed by atoms with Gasteiger partial charge in [-0.25, -0.2) is 27.2 Å². The number of carbonyl (C=O) groups is 3. The second-order valence-corrected chi connectivity index (χ2v) is 10.1. The van der Waals surface area contributed by atoms with E-state index in [1.807, 2.05) is 0 Å². The van der Waals surface area contributed by atoms with E-state index >= 15 is 0 Å². The maximum absolute atomic E-state index is 13.2. The van der Waals surface area contributed by atoms with Crippen molar-refractivity contribution in [2.24, 2.45) is 17.6 Å². The molecular formula is C23H38F4N2O6. The number of carbonyl (C=O) groups excluding carboxylic acids is 3. The number of nitrogens with two attached hydrogens (primary N) is 1. The lowest BCUT2D eigenvalue weighted by molar-refractivity contribution is -0.146. The van der Waals surface area contributed by atoms with Crippen LogP contribution in [0.1, 0.15) is 72.1 Å². The van der Waals surface area contributed by atoms with Gasteiger partial charge < -0.3 is 25.3 Å². The molecule has 2 atom stereocenters. The molecule has 2 fully saturated rings. The minimum absolute atomic E-state index is 0.155. The van der Waals surface area contributed by atoms with Crippen LogP contribution < -0.4 is 11.1 Å². The maximum Gasteiger partial charge on any atom is 0.408 e. The van der Waals surface area contributed by atoms with Gasteiger partial charge in [-0.05, 0) is 58.3 Å². The van der Waals surface area contributed by atoms with Gasteiger partial charge in [0.1, 0.15) is 17.7 Å². The Balaban J connectivity index is 0.000000379. The van der Waals surface area contributed by atoms with Crippen molar-refractivity contribution in [1.29, 1.82) is 0 Å². The van der Waals surface area contributed by atoms with E-state index in [1.165, 1.54) is 14.2 Å². The third-order valence-corrected chi connectivity index (χ3v) is 6.10. The SMILES string of the molecule is COC(=O)[C@@H](N)C1CCC(F)(F)CC1.COC(=O)[C@@H](NC(=O)OC(C)(C)C)C1CCC(F)(F)CC1. The van der Waals surface area contributed by atoms with Crippen molar-refractivity contribution in [2.75, 3.05) is 14.2 Å². The molecule has 0 heterocycles. The van der Waals surface area contributed by atoms with Crippen LogP contribution in [-0.4, -0.2) is 61.8 Å². The molecule has 3 N–H and O–H groups in total. The quantitative estimate of drug-likeness (QED) is 0.321. The minimum Gasteiger partial charge on any atom is -0.468 e. The molecule has 35 heavy (non-hydrogen) atoms. The van der Waals surface area contributed by atoms with Gasteiger partial charge in [0, 0.05) is 25.7 Å². The first-order valence-electron chi connectivity index (χ1n) is 11.7. The smallest absolute Gasteiger partial charge is 0.408 e. The fourth-order valence-corrected chi connectivity index (χ4v) is 4.08. The average molecular weight is 515 g/mol. The molecule has 2 rings (SSSR count). The van der Waals surface area contributed by atoms with Gasteiger partial charge in [0.2, 0.25) is 11.8 Å². The minimum atomic E-state index is -2.69. The normalized spacial score (nSPS) is 22.0. The van der Waals surface area contributed by atoms with Crippen LogP contribution in [0, 0.1) is 11.8 Å². The Morgan fingerprint density at radius 2 is 1.23 bits per heavy atom. The number of amides is 1. The topological polar surface area (TPSA) is 117 Å². The highest BCUT2D eigenvalue weighted by atomic mass is 19.3. The van der Waals surface area contributed by atoms with Crippen LogP contribution in [-0.2, 0) is 23.8 Å². The summed E-state index contributed by atoms with van der Waals surface area (Å²) in [5, 5.41) is 2.44. The summed E-state index contributed by atoms with van der Waals surface area (Å²) in [4.78, 5) is 34.6. The van der Waals surface area contributed by atoms with E-state index in [1.54, 1.807) is 20.8 Å². The van der Waals surface area contributed by atoms with Gasteiger partial charge in [0.15, 0.2) is 0 Å². The molecule has 0 radical (unpaired) electrons. The number of esters is 2. The van der Waals surface area contributed by atoms with E-state index in [4.69, 9.17) is 10.5 Å². The first kappa shape index (κ1) is 30.9. The molecule has 0 aliphatic heterocycles. The Morgan fingerprint density at radius 1 is 0.829 bits per heavy atom. The van der Waals surface area contributed by atoms with Crippen molar-refractivity contribution >= 4 is 18.0 Å². The Labute approximate surface area is 203 Å². The zero-order valence-corrected chi connectivity index (χ0v) is 21.0. The monoisotopic (exact) mass is 514 g/mol. The number of methoxy groups -OCH3 is 2. The molecule has 12 heteroatoms. The predicted molar refractivity (Wildman–Crippen MR) is 119 cm³/mol. The second kappa shape index (κ2) is 12.7. The highest BCUT2D eigenvalue weighted by Crippen LogP contribution is 2.38. The average Bonchev–Trinajstić information content (AvgIpc) is 2.75. The van der Waals surface area contributed by atoms with Crippen LogP contribution in [0.15, 0.2) is 0 Å². The Hall–Kier alpha value is -2.11. The molecule has 0 aromatic heterocycles. The second-order valence-electron chi connectivity index (χ2n) is 10.1. The molecular weight excluding hydrogens is 476 g/mol. The summed E-state index contributed by atoms with van der Waals surface area (Å²) >= 11 is 0. The van der Waals surface area contributed by atoms with Gasteiger partial charge in [-0.15, -0.1) is 0 Å². The van der Waals surface area contributed by atoms with E-state index in [9.17, 15) is 31.9 Å². The number of hydrogen-bond donors (Lipinski definition) is 2. The van der Waals surface area contributed by atoms with Gasteiger partial charge in [0.25, 0.3) is 0 Å². The zero-order chi connectivity index (χ0) is 27.0. The van der Waals surface area contributed by atoms with Gasteiger partial charge in [-0.1, -0.05) is 0 Å². The van der Waals surface area contributed by atoms with Crippen LogP contribution in [0.4, 0.5) is 22.4 Å². The van der Waals surface area contributed by atoms with Crippen LogP contribution in [0.5, 0.6) is 0 Å². The van der Waals surface area contributed by atoms with E-state index in [0.29, 0.717) is 12.8 Å². The van der Waals surface area contributed by atoms with Gasteiger partial charge >= 0.3 is 18.0 Å². The molecule has 8 nitrogen and oxygen atoms in total. The Morgan fingerprint density at radius 3 is 1.60 bits per heavy atom. The number of alkyl halides is 4. The molecule has 2 aliphatic rings. The third kappa shape index (κ3) is 11.0. The number of ether oxygens (including phenoxy) is 3. The van der Waals surface area contributed by atoms with Crippen molar-refractivity contribution in [3.8, 4) is 0 Å². The molecule has 204 valence electrons. The molecule has 0 bridgehead atoms. The highest BCUT2D eigenvalue weighted by molar-refractivity contribution is 5.81. The molecule has 1 amide bonds. The van der Waals surface area contributed by atoms with E-state index in [-0.39, 0.29) is 50.4 Å². The van der Waals surface area contributed by atoms with Crippen molar-refractivity contribution < 1.29 is 46.2 Å². The van der Waals surface area contributed by atoms with Crippen LogP contribution in [0.25, 0.3) is 0 Å². The number of halogens is 4. The van der Waals surface area contributed by atoms with Crippen LogP contribution >= 0.6 is 0 Å². The number of nitrogens with one attached hydrogen (secondary N) is 1. The third-order valence-electron chi connectivity index (χ3n) is 6.10. The van der Waals surface area contributed by atoms with Gasteiger partial charge in [-0.2, -0.15) is 0 Å². The number of hydrogen-bond acceptors (Lipinski definition) is 7. The first-order chi connectivity index (χ1) is 16.0. The molecule has 0 spiro atoms. The number of alkyl carbamates (subject to hydrolysis) is 1. The summed E-state index contributed by atoms with van der Waals surface area (Å²) in [6.07, 6.45) is -0.791. The van der Waals surface area contributed by atoms with E-state index < -0.39 is 47.6 Å². The summed E-state index contributed by atoms with van der Waals surface area (Å²) in [5.74, 6) is -6.96. The van der Waals surface area contributed by atoms with Crippen molar-refractivity contribution in [3.63, 3.8) is 0 Å². The molecule has 0 aromatic rings. The number of rotatable bonds is 5. The largest absolute Gasteiger partial charge is 0.468 e. The summed E-state index contributed by atoms with van der Waals surface area (Å²) in [5.41, 5.74) is 4.87. The van der Waals surface area contributed by atoms with Crippen molar-refractivity contribution in [1.82, 2.24) is 5.32 Å². The van der Waals surface area contributed by atoms with E-state index in [0.717, 1.165) is 0 Å². The molecule has 2 saturated carbocycles. The molecule has 0 saturated heterocycles. The fraction of sp³-hybridized carbons (Fsp3) is 0.870. The van der Waals surface area contributed by atoms with Crippen LogP contribution in [0.2, 0.25) is 0 Å². The Bertz CT molecular complexity index is 709. The van der Waals surface area contributed by atoms with Gasteiger partial charge in [-0.3, -0.25) is 4.79 Å². The summed E-state index contributed by atoms with van der Waals surface area (Å²) < 4.78 is 66.1. The van der Waals surface area contributed by atoms with Gasteiger partial charge in [0.05, 0.1) is 14.2 Å². The lowest BCUT2D eigenvalue weighted by Crippen LogP contribution is -2.49. The lowest BCUT2D eigenvalue weighted by atomic mass is 9.82. The summed E-state index contributed by atoms with van der Waals surface area (Å²) in [6.45, 7) is 5.09. The molecule has 0 unspecified atom stereocenters. The molecule has 0 aromatic carbocycles. The lowest BCUT2D eigenvalue weighted by Gasteiger charge is -2.33. The Kier molecular flexibility index (Phi) is 11.2.